The fourth-order valence-corrected chi connectivity index (χ4v) is 3.28. The van der Waals surface area contributed by atoms with Crippen molar-refractivity contribution in [1.29, 1.82) is 0 Å². The van der Waals surface area contributed by atoms with Gasteiger partial charge >= 0.3 is 0 Å². The van der Waals surface area contributed by atoms with Crippen LogP contribution >= 0.6 is 0 Å². The molecule has 4 rings (SSSR count). The van der Waals surface area contributed by atoms with Gasteiger partial charge in [0.1, 0.15) is 5.76 Å². The largest absolute Gasteiger partial charge is 0.451 e. The number of hydrogen-bond donors (Lipinski definition) is 1. The van der Waals surface area contributed by atoms with Crippen molar-refractivity contribution in [3.8, 4) is 11.3 Å². The molecule has 2 amide bonds. The van der Waals surface area contributed by atoms with Gasteiger partial charge in [-0.1, -0.05) is 17.3 Å². The fourth-order valence-electron chi connectivity index (χ4n) is 3.28. The van der Waals surface area contributed by atoms with Crippen molar-refractivity contribution in [3.63, 3.8) is 0 Å². The molecule has 144 valence electrons. The highest BCUT2D eigenvalue weighted by molar-refractivity contribution is 5.95. The van der Waals surface area contributed by atoms with Gasteiger partial charge in [-0.05, 0) is 43.5 Å². The molecular weight excluding hydrogens is 358 g/mol. The number of nitrogens with one attached hydrogen (secondary N) is 1. The Balaban J connectivity index is 1.46. The average Bonchev–Trinajstić information content (AvgIpc) is 3.44. The molecule has 0 spiro atoms. The van der Waals surface area contributed by atoms with Gasteiger partial charge in [-0.2, -0.15) is 0 Å². The highest BCUT2D eigenvalue weighted by atomic mass is 16.5. The number of nitrogens with zero attached hydrogens (tertiary/aromatic N) is 2. The standard InChI is InChI=1S/C21H21N3O4/c25-20(22-14-17-9-10-23-28-17)16-6-4-5-15(13-16)18-7-8-19(27-18)21(26)24-11-2-1-3-12-24/h4-10,13H,1-3,11-12,14H2,(H,22,25). The number of carbonyl (C=O) groups is 2. The predicted octanol–water partition coefficient (Wildman–Crippen LogP) is 3.49. The van der Waals surface area contributed by atoms with Crippen LogP contribution in [0.2, 0.25) is 0 Å². The van der Waals surface area contributed by atoms with E-state index in [1.54, 1.807) is 36.4 Å². The second-order valence-electron chi connectivity index (χ2n) is 6.76. The van der Waals surface area contributed by atoms with Crippen LogP contribution in [0.1, 0.15) is 45.9 Å². The first-order valence-electron chi connectivity index (χ1n) is 9.38. The molecule has 0 saturated carbocycles. The summed E-state index contributed by atoms with van der Waals surface area (Å²) in [5.74, 6) is 1.17. The van der Waals surface area contributed by atoms with Crippen LogP contribution in [-0.4, -0.2) is 35.0 Å². The number of amides is 2. The Morgan fingerprint density at radius 2 is 1.93 bits per heavy atom. The highest BCUT2D eigenvalue weighted by Gasteiger charge is 2.21. The van der Waals surface area contributed by atoms with Crippen molar-refractivity contribution in [2.45, 2.75) is 25.8 Å². The summed E-state index contributed by atoms with van der Waals surface area (Å²) in [7, 11) is 0. The summed E-state index contributed by atoms with van der Waals surface area (Å²) in [5.41, 5.74) is 1.24. The molecule has 7 heteroatoms. The minimum atomic E-state index is -0.227. The highest BCUT2D eigenvalue weighted by Crippen LogP contribution is 2.24. The zero-order chi connectivity index (χ0) is 19.3. The van der Waals surface area contributed by atoms with E-state index in [0.717, 1.165) is 31.5 Å². The van der Waals surface area contributed by atoms with Crippen molar-refractivity contribution in [3.05, 3.63) is 65.7 Å². The van der Waals surface area contributed by atoms with E-state index >= 15 is 0 Å². The van der Waals surface area contributed by atoms with E-state index in [2.05, 4.69) is 10.5 Å². The van der Waals surface area contributed by atoms with Crippen molar-refractivity contribution < 1.29 is 18.5 Å². The Morgan fingerprint density at radius 1 is 1.07 bits per heavy atom. The van der Waals surface area contributed by atoms with E-state index in [9.17, 15) is 9.59 Å². The maximum absolute atomic E-state index is 12.6. The Hall–Kier alpha value is -3.35. The maximum Gasteiger partial charge on any atom is 0.289 e. The Bertz CT molecular complexity index is 956. The number of aromatic nitrogens is 1. The van der Waals surface area contributed by atoms with Gasteiger partial charge in [0, 0.05) is 30.3 Å². The molecule has 0 unspecified atom stereocenters. The summed E-state index contributed by atoms with van der Waals surface area (Å²) in [4.78, 5) is 26.8. The fraction of sp³-hybridized carbons (Fsp3) is 0.286. The Kier molecular flexibility index (Phi) is 5.23. The molecule has 1 fully saturated rings. The quantitative estimate of drug-likeness (QED) is 0.733. The number of piperidine rings is 1. The lowest BCUT2D eigenvalue weighted by molar-refractivity contribution is 0.0693. The third kappa shape index (κ3) is 3.98. The van der Waals surface area contributed by atoms with E-state index in [4.69, 9.17) is 8.94 Å². The molecule has 28 heavy (non-hydrogen) atoms. The molecule has 1 saturated heterocycles. The van der Waals surface area contributed by atoms with Crippen molar-refractivity contribution >= 4 is 11.8 Å². The first-order chi connectivity index (χ1) is 13.7. The molecule has 3 heterocycles. The molecule has 1 aliphatic rings. The van der Waals surface area contributed by atoms with Crippen molar-refractivity contribution in [1.82, 2.24) is 15.4 Å². The van der Waals surface area contributed by atoms with Crippen LogP contribution in [-0.2, 0) is 6.54 Å². The zero-order valence-corrected chi connectivity index (χ0v) is 15.4. The number of likely N-dealkylation sites (tertiary alicyclic amines) is 1. The smallest absolute Gasteiger partial charge is 0.289 e. The second-order valence-corrected chi connectivity index (χ2v) is 6.76. The lowest BCUT2D eigenvalue weighted by atomic mass is 10.1. The van der Waals surface area contributed by atoms with Crippen LogP contribution in [0.3, 0.4) is 0 Å². The first-order valence-corrected chi connectivity index (χ1v) is 9.38. The number of hydrogen-bond acceptors (Lipinski definition) is 5. The van der Waals surface area contributed by atoms with Crippen LogP contribution in [0, 0.1) is 0 Å². The van der Waals surface area contributed by atoms with Gasteiger partial charge in [-0.3, -0.25) is 9.59 Å². The van der Waals surface area contributed by atoms with Gasteiger partial charge in [0.25, 0.3) is 11.8 Å². The van der Waals surface area contributed by atoms with Crippen molar-refractivity contribution in [2.75, 3.05) is 13.1 Å². The van der Waals surface area contributed by atoms with E-state index in [1.165, 1.54) is 12.6 Å². The molecule has 2 aromatic heterocycles. The molecule has 7 nitrogen and oxygen atoms in total. The van der Waals surface area contributed by atoms with Crippen LogP contribution in [0.25, 0.3) is 11.3 Å². The molecule has 1 aromatic carbocycles. The minimum Gasteiger partial charge on any atom is -0.451 e. The average molecular weight is 379 g/mol. The maximum atomic E-state index is 12.6. The van der Waals surface area contributed by atoms with Crippen LogP contribution in [0.4, 0.5) is 0 Å². The topological polar surface area (TPSA) is 88.6 Å². The van der Waals surface area contributed by atoms with Gasteiger partial charge < -0.3 is 19.2 Å². The Morgan fingerprint density at radius 3 is 2.71 bits per heavy atom. The molecule has 0 aliphatic carbocycles. The van der Waals surface area contributed by atoms with E-state index in [1.807, 2.05) is 11.0 Å². The van der Waals surface area contributed by atoms with E-state index < -0.39 is 0 Å². The van der Waals surface area contributed by atoms with Gasteiger partial charge in [0.2, 0.25) is 0 Å². The monoisotopic (exact) mass is 379 g/mol. The normalized spacial score (nSPS) is 14.1. The van der Waals surface area contributed by atoms with E-state index in [-0.39, 0.29) is 18.4 Å². The summed E-state index contributed by atoms with van der Waals surface area (Å²) >= 11 is 0. The predicted molar refractivity (Wildman–Crippen MR) is 102 cm³/mol. The first kappa shape index (κ1) is 18.0. The number of rotatable bonds is 5. The third-order valence-corrected chi connectivity index (χ3v) is 4.78. The Labute approximate surface area is 162 Å². The van der Waals surface area contributed by atoms with Crippen LogP contribution in [0.15, 0.2) is 57.6 Å². The van der Waals surface area contributed by atoms with Gasteiger partial charge in [-0.25, -0.2) is 0 Å². The summed E-state index contributed by atoms with van der Waals surface area (Å²) in [6.45, 7) is 1.81. The molecule has 0 atom stereocenters. The zero-order valence-electron chi connectivity index (χ0n) is 15.4. The van der Waals surface area contributed by atoms with Crippen molar-refractivity contribution in [2.24, 2.45) is 0 Å². The summed E-state index contributed by atoms with van der Waals surface area (Å²) in [6.07, 6.45) is 4.76. The summed E-state index contributed by atoms with van der Waals surface area (Å²) < 4.78 is 10.8. The molecule has 0 radical (unpaired) electrons. The van der Waals surface area contributed by atoms with E-state index in [0.29, 0.717) is 22.8 Å². The third-order valence-electron chi connectivity index (χ3n) is 4.78. The molecule has 1 N–H and O–H groups in total. The van der Waals surface area contributed by atoms with Crippen LogP contribution in [0.5, 0.6) is 0 Å². The lowest BCUT2D eigenvalue weighted by Crippen LogP contribution is -2.35. The number of carbonyl (C=O) groups excluding carboxylic acids is 2. The van der Waals surface area contributed by atoms with Crippen LogP contribution < -0.4 is 5.32 Å². The molecular formula is C21H21N3O4. The lowest BCUT2D eigenvalue weighted by Gasteiger charge is -2.25. The SMILES string of the molecule is O=C(NCc1ccno1)c1cccc(-c2ccc(C(=O)N3CCCCC3)o2)c1. The van der Waals surface area contributed by atoms with Gasteiger partial charge in [0.05, 0.1) is 12.7 Å². The molecule has 1 aliphatic heterocycles. The molecule has 3 aromatic rings. The van der Waals surface area contributed by atoms with Gasteiger partial charge in [-0.15, -0.1) is 0 Å². The second kappa shape index (κ2) is 8.12. The summed E-state index contributed by atoms with van der Waals surface area (Å²) in [5, 5.41) is 6.39. The number of benzene rings is 1. The minimum absolute atomic E-state index is 0.0769. The number of furan rings is 1. The molecule has 0 bridgehead atoms. The van der Waals surface area contributed by atoms with Gasteiger partial charge in [0.15, 0.2) is 11.5 Å². The summed E-state index contributed by atoms with van der Waals surface area (Å²) in [6, 6.07) is 12.3.